The lowest BCUT2D eigenvalue weighted by molar-refractivity contribution is 0.0782. The van der Waals surface area contributed by atoms with Gasteiger partial charge < -0.3 is 15.1 Å². The largest absolute Gasteiger partial charge is 0.469 e. The van der Waals surface area contributed by atoms with E-state index in [1.165, 1.54) is 6.42 Å². The summed E-state index contributed by atoms with van der Waals surface area (Å²) in [6.07, 6.45) is 4.92. The number of furan rings is 1. The van der Waals surface area contributed by atoms with Crippen molar-refractivity contribution in [1.82, 2.24) is 4.90 Å². The highest BCUT2D eigenvalue weighted by Crippen LogP contribution is 2.36. The fourth-order valence-electron chi connectivity index (χ4n) is 3.41. The average molecular weight is 248 g/mol. The molecule has 0 aromatic carbocycles. The first kappa shape index (κ1) is 11.8. The van der Waals surface area contributed by atoms with Crippen molar-refractivity contribution in [3.05, 3.63) is 23.7 Å². The van der Waals surface area contributed by atoms with Gasteiger partial charge in [0, 0.05) is 19.1 Å². The molecule has 1 amide bonds. The van der Waals surface area contributed by atoms with Crippen LogP contribution in [0.4, 0.5) is 0 Å². The number of likely N-dealkylation sites (tertiary alicyclic amines) is 1. The lowest BCUT2D eigenvalue weighted by Crippen LogP contribution is -2.32. The van der Waals surface area contributed by atoms with Crippen LogP contribution in [0.5, 0.6) is 0 Å². The van der Waals surface area contributed by atoms with Gasteiger partial charge in [-0.15, -0.1) is 0 Å². The van der Waals surface area contributed by atoms with Crippen LogP contribution in [0.2, 0.25) is 0 Å². The molecule has 0 bridgehead atoms. The van der Waals surface area contributed by atoms with Gasteiger partial charge in [0.05, 0.1) is 11.8 Å². The number of aryl methyl sites for hydroxylation is 1. The van der Waals surface area contributed by atoms with E-state index >= 15 is 0 Å². The summed E-state index contributed by atoms with van der Waals surface area (Å²) in [4.78, 5) is 14.4. The van der Waals surface area contributed by atoms with Crippen molar-refractivity contribution in [3.63, 3.8) is 0 Å². The lowest BCUT2D eigenvalue weighted by atomic mass is 9.79. The number of carbonyl (C=O) groups excluding carboxylic acids is 1. The molecule has 2 aliphatic rings. The number of rotatable bonds is 1. The lowest BCUT2D eigenvalue weighted by Gasteiger charge is -2.27. The van der Waals surface area contributed by atoms with Gasteiger partial charge in [-0.1, -0.05) is 0 Å². The van der Waals surface area contributed by atoms with Crippen molar-refractivity contribution >= 4 is 5.91 Å². The Hall–Kier alpha value is -1.29. The standard InChI is InChI=1S/C14H20N2O2/c1-9-13(4-5-18-9)14(17)16-7-10-2-3-12(15)6-11(10)8-16/h4-5,10-12H,2-3,6-8,15H2,1H3/t10-,11+,12?/m0/s1. The van der Waals surface area contributed by atoms with Crippen LogP contribution in [-0.2, 0) is 0 Å². The van der Waals surface area contributed by atoms with E-state index in [2.05, 4.69) is 0 Å². The summed E-state index contributed by atoms with van der Waals surface area (Å²) < 4.78 is 5.21. The van der Waals surface area contributed by atoms with Crippen LogP contribution in [0.15, 0.2) is 16.7 Å². The fraction of sp³-hybridized carbons (Fsp3) is 0.643. The second-order valence-electron chi connectivity index (χ2n) is 5.69. The Morgan fingerprint density at radius 2 is 2.17 bits per heavy atom. The van der Waals surface area contributed by atoms with Crippen molar-refractivity contribution < 1.29 is 9.21 Å². The second-order valence-corrected chi connectivity index (χ2v) is 5.69. The molecule has 1 aliphatic carbocycles. The number of amides is 1. The zero-order chi connectivity index (χ0) is 12.7. The first-order valence-corrected chi connectivity index (χ1v) is 6.74. The summed E-state index contributed by atoms with van der Waals surface area (Å²) in [5.74, 6) is 2.08. The van der Waals surface area contributed by atoms with Crippen LogP contribution >= 0.6 is 0 Å². The van der Waals surface area contributed by atoms with Gasteiger partial charge in [-0.25, -0.2) is 0 Å². The molecule has 18 heavy (non-hydrogen) atoms. The fourth-order valence-corrected chi connectivity index (χ4v) is 3.41. The van der Waals surface area contributed by atoms with Crippen molar-refractivity contribution in [1.29, 1.82) is 0 Å². The molecule has 98 valence electrons. The molecule has 0 spiro atoms. The zero-order valence-electron chi connectivity index (χ0n) is 10.8. The number of hydrogen-bond acceptors (Lipinski definition) is 3. The van der Waals surface area contributed by atoms with E-state index in [1.807, 2.05) is 11.8 Å². The summed E-state index contributed by atoms with van der Waals surface area (Å²) in [6, 6.07) is 2.10. The molecule has 2 N–H and O–H groups in total. The van der Waals surface area contributed by atoms with Crippen molar-refractivity contribution in [3.8, 4) is 0 Å². The van der Waals surface area contributed by atoms with Crippen molar-refractivity contribution in [2.24, 2.45) is 17.6 Å². The minimum atomic E-state index is 0.115. The zero-order valence-corrected chi connectivity index (χ0v) is 10.8. The summed E-state index contributed by atoms with van der Waals surface area (Å²) in [5, 5.41) is 0. The first-order valence-electron chi connectivity index (χ1n) is 6.74. The molecule has 1 saturated heterocycles. The van der Waals surface area contributed by atoms with Gasteiger partial charge in [0.15, 0.2) is 0 Å². The summed E-state index contributed by atoms with van der Waals surface area (Å²) in [6.45, 7) is 3.59. The van der Waals surface area contributed by atoms with Crippen LogP contribution in [0.25, 0.3) is 0 Å². The van der Waals surface area contributed by atoms with Crippen LogP contribution in [0.1, 0.15) is 35.4 Å². The summed E-state index contributed by atoms with van der Waals surface area (Å²) in [5.41, 5.74) is 6.72. The van der Waals surface area contributed by atoms with Crippen LogP contribution < -0.4 is 5.73 Å². The summed E-state index contributed by atoms with van der Waals surface area (Å²) in [7, 11) is 0. The molecule has 4 nitrogen and oxygen atoms in total. The highest BCUT2D eigenvalue weighted by Gasteiger charge is 2.39. The molecule has 2 fully saturated rings. The summed E-state index contributed by atoms with van der Waals surface area (Å²) >= 11 is 0. The van der Waals surface area contributed by atoms with E-state index in [1.54, 1.807) is 12.3 Å². The maximum atomic E-state index is 12.4. The molecular weight excluding hydrogens is 228 g/mol. The van der Waals surface area contributed by atoms with Crippen LogP contribution in [0.3, 0.4) is 0 Å². The number of fused-ring (bicyclic) bond motifs is 1. The maximum Gasteiger partial charge on any atom is 0.257 e. The second kappa shape index (κ2) is 4.43. The van der Waals surface area contributed by atoms with Gasteiger partial charge in [-0.3, -0.25) is 4.79 Å². The monoisotopic (exact) mass is 248 g/mol. The Morgan fingerprint density at radius 1 is 1.39 bits per heavy atom. The Bertz CT molecular complexity index is 454. The van der Waals surface area contributed by atoms with Gasteiger partial charge in [0.2, 0.25) is 0 Å². The molecular formula is C14H20N2O2. The molecule has 1 saturated carbocycles. The van der Waals surface area contributed by atoms with E-state index in [9.17, 15) is 4.79 Å². The van der Waals surface area contributed by atoms with E-state index in [-0.39, 0.29) is 5.91 Å². The normalized spacial score (nSPS) is 31.4. The predicted octanol–water partition coefficient (Wildman–Crippen LogP) is 1.79. The highest BCUT2D eigenvalue weighted by molar-refractivity contribution is 5.95. The van der Waals surface area contributed by atoms with Crippen LogP contribution in [0, 0.1) is 18.8 Å². The number of nitrogens with zero attached hydrogens (tertiary/aromatic N) is 1. The molecule has 4 heteroatoms. The van der Waals surface area contributed by atoms with Gasteiger partial charge in [-0.2, -0.15) is 0 Å². The topological polar surface area (TPSA) is 59.5 Å². The first-order chi connectivity index (χ1) is 8.65. The minimum Gasteiger partial charge on any atom is -0.469 e. The molecule has 3 atom stereocenters. The number of carbonyl (C=O) groups is 1. The van der Waals surface area contributed by atoms with Gasteiger partial charge in [0.25, 0.3) is 5.91 Å². The van der Waals surface area contributed by atoms with Gasteiger partial charge >= 0.3 is 0 Å². The van der Waals surface area contributed by atoms with E-state index in [0.717, 1.165) is 25.9 Å². The molecule has 1 unspecified atom stereocenters. The Morgan fingerprint density at radius 3 is 2.89 bits per heavy atom. The van der Waals surface area contributed by atoms with Gasteiger partial charge in [0.1, 0.15) is 5.76 Å². The molecule has 3 rings (SSSR count). The Kier molecular flexibility index (Phi) is 2.90. The van der Waals surface area contributed by atoms with E-state index < -0.39 is 0 Å². The molecule has 2 heterocycles. The van der Waals surface area contributed by atoms with E-state index in [0.29, 0.717) is 29.2 Å². The number of nitrogens with two attached hydrogens (primary N) is 1. The Labute approximate surface area is 107 Å². The predicted molar refractivity (Wildman–Crippen MR) is 68.2 cm³/mol. The molecule has 1 aliphatic heterocycles. The quantitative estimate of drug-likeness (QED) is 0.824. The highest BCUT2D eigenvalue weighted by atomic mass is 16.3. The SMILES string of the molecule is Cc1occc1C(=O)N1C[C@H]2CC(N)CC[C@H]2C1. The smallest absolute Gasteiger partial charge is 0.257 e. The van der Waals surface area contributed by atoms with E-state index in [4.69, 9.17) is 10.2 Å². The maximum absolute atomic E-state index is 12.4. The molecule has 0 radical (unpaired) electrons. The third-order valence-electron chi connectivity index (χ3n) is 4.47. The minimum absolute atomic E-state index is 0.115. The molecule has 1 aromatic rings. The van der Waals surface area contributed by atoms with Crippen molar-refractivity contribution in [2.45, 2.75) is 32.2 Å². The third kappa shape index (κ3) is 1.94. The number of hydrogen-bond donors (Lipinski definition) is 1. The molecule has 1 aromatic heterocycles. The van der Waals surface area contributed by atoms with Gasteiger partial charge in [-0.05, 0) is 44.1 Å². The average Bonchev–Trinajstić information content (AvgIpc) is 2.93. The Balaban J connectivity index is 1.72. The third-order valence-corrected chi connectivity index (χ3v) is 4.47. The van der Waals surface area contributed by atoms with Crippen LogP contribution in [-0.4, -0.2) is 29.9 Å². The van der Waals surface area contributed by atoms with Crippen molar-refractivity contribution in [2.75, 3.05) is 13.1 Å².